The van der Waals surface area contributed by atoms with E-state index in [0.29, 0.717) is 25.7 Å². The Labute approximate surface area is 137 Å². The lowest BCUT2D eigenvalue weighted by molar-refractivity contribution is -0.141. The zero-order valence-electron chi connectivity index (χ0n) is 13.5. The lowest BCUT2D eigenvalue weighted by Gasteiger charge is -2.34. The number of nitrogens with two attached hydrogens (primary N) is 1. The van der Waals surface area contributed by atoms with E-state index in [1.165, 1.54) is 5.56 Å². The molecule has 1 aromatic rings. The van der Waals surface area contributed by atoms with Gasteiger partial charge in [0, 0.05) is 31.6 Å². The van der Waals surface area contributed by atoms with Gasteiger partial charge in [-0.1, -0.05) is 30.3 Å². The van der Waals surface area contributed by atoms with Crippen LogP contribution in [0.15, 0.2) is 30.3 Å². The van der Waals surface area contributed by atoms with Crippen molar-refractivity contribution >= 4 is 11.8 Å². The number of carbonyl (C=O) groups excluding carboxylic acids is 2. The van der Waals surface area contributed by atoms with E-state index in [2.05, 4.69) is 17.0 Å². The van der Waals surface area contributed by atoms with Crippen LogP contribution in [-0.2, 0) is 16.1 Å². The standard InChI is InChI=1S/C18H25N3O2/c19-12-17(22)20-10-8-15(9-11-20)18(23)21(16-6-7-16)13-14-4-2-1-3-5-14/h1-5,15-16H,6-13,19H2. The maximum Gasteiger partial charge on any atom is 0.236 e. The summed E-state index contributed by atoms with van der Waals surface area (Å²) in [5.41, 5.74) is 6.60. The summed E-state index contributed by atoms with van der Waals surface area (Å²) < 4.78 is 0. The molecule has 1 saturated carbocycles. The van der Waals surface area contributed by atoms with Gasteiger partial charge >= 0.3 is 0 Å². The Kier molecular flexibility index (Phi) is 4.96. The van der Waals surface area contributed by atoms with Gasteiger partial charge in [0.05, 0.1) is 6.54 Å². The van der Waals surface area contributed by atoms with Crippen molar-refractivity contribution in [2.45, 2.75) is 38.3 Å². The zero-order chi connectivity index (χ0) is 16.2. The number of hydrogen-bond acceptors (Lipinski definition) is 3. The van der Waals surface area contributed by atoms with Crippen LogP contribution in [0.2, 0.25) is 0 Å². The number of hydrogen-bond donors (Lipinski definition) is 1. The molecule has 0 spiro atoms. The van der Waals surface area contributed by atoms with Crippen molar-refractivity contribution in [2.75, 3.05) is 19.6 Å². The fourth-order valence-corrected chi connectivity index (χ4v) is 3.29. The molecule has 0 atom stereocenters. The van der Waals surface area contributed by atoms with E-state index in [1.807, 2.05) is 18.2 Å². The minimum absolute atomic E-state index is 0.0146. The minimum atomic E-state index is -0.0146. The Morgan fingerprint density at radius 2 is 1.74 bits per heavy atom. The molecule has 23 heavy (non-hydrogen) atoms. The molecule has 1 aliphatic heterocycles. The van der Waals surface area contributed by atoms with Gasteiger partial charge in [-0.05, 0) is 31.2 Å². The quantitative estimate of drug-likeness (QED) is 0.892. The third-order valence-corrected chi connectivity index (χ3v) is 4.84. The Bertz CT molecular complexity index is 549. The lowest BCUT2D eigenvalue weighted by Crippen LogP contribution is -2.46. The van der Waals surface area contributed by atoms with Crippen molar-refractivity contribution < 1.29 is 9.59 Å². The maximum atomic E-state index is 12.9. The van der Waals surface area contributed by atoms with Crippen LogP contribution in [0.4, 0.5) is 0 Å². The van der Waals surface area contributed by atoms with Gasteiger partial charge in [-0.25, -0.2) is 0 Å². The van der Waals surface area contributed by atoms with Crippen molar-refractivity contribution in [3.63, 3.8) is 0 Å². The van der Waals surface area contributed by atoms with Crippen molar-refractivity contribution in [3.8, 4) is 0 Å². The first-order valence-corrected chi connectivity index (χ1v) is 8.51. The van der Waals surface area contributed by atoms with Crippen LogP contribution in [0, 0.1) is 5.92 Å². The molecule has 124 valence electrons. The van der Waals surface area contributed by atoms with Gasteiger partial charge in [-0.2, -0.15) is 0 Å². The van der Waals surface area contributed by atoms with Crippen molar-refractivity contribution in [3.05, 3.63) is 35.9 Å². The second kappa shape index (κ2) is 7.13. The van der Waals surface area contributed by atoms with Gasteiger partial charge in [-0.3, -0.25) is 9.59 Å². The molecule has 5 heteroatoms. The molecular weight excluding hydrogens is 290 g/mol. The molecule has 2 amide bonds. The minimum Gasteiger partial charge on any atom is -0.342 e. The van der Waals surface area contributed by atoms with E-state index < -0.39 is 0 Å². The summed E-state index contributed by atoms with van der Waals surface area (Å²) in [7, 11) is 0. The van der Waals surface area contributed by atoms with Crippen LogP contribution < -0.4 is 5.73 Å². The fraction of sp³-hybridized carbons (Fsp3) is 0.556. The summed E-state index contributed by atoms with van der Waals surface area (Å²) in [6.07, 6.45) is 3.73. The van der Waals surface area contributed by atoms with Crippen LogP contribution in [0.1, 0.15) is 31.2 Å². The Hall–Kier alpha value is -1.88. The fourth-order valence-electron chi connectivity index (χ4n) is 3.29. The van der Waals surface area contributed by atoms with Crippen LogP contribution in [-0.4, -0.2) is 47.3 Å². The predicted octanol–water partition coefficient (Wildman–Crippen LogP) is 1.37. The van der Waals surface area contributed by atoms with Gasteiger partial charge in [-0.15, -0.1) is 0 Å². The SMILES string of the molecule is NCC(=O)N1CCC(C(=O)N(Cc2ccccc2)C2CC2)CC1. The largest absolute Gasteiger partial charge is 0.342 e. The molecule has 5 nitrogen and oxygen atoms in total. The molecular formula is C18H25N3O2. The monoisotopic (exact) mass is 315 g/mol. The predicted molar refractivity (Wildman–Crippen MR) is 88.4 cm³/mol. The second-order valence-corrected chi connectivity index (χ2v) is 6.54. The summed E-state index contributed by atoms with van der Waals surface area (Å²) in [6, 6.07) is 10.6. The molecule has 0 unspecified atom stereocenters. The summed E-state index contributed by atoms with van der Waals surface area (Å²) in [4.78, 5) is 28.4. The summed E-state index contributed by atoms with van der Waals surface area (Å²) in [5.74, 6) is 0.288. The zero-order valence-corrected chi connectivity index (χ0v) is 13.5. The smallest absolute Gasteiger partial charge is 0.236 e. The van der Waals surface area contributed by atoms with Gasteiger partial charge < -0.3 is 15.5 Å². The molecule has 2 fully saturated rings. The highest BCUT2D eigenvalue weighted by molar-refractivity contribution is 5.81. The summed E-state index contributed by atoms with van der Waals surface area (Å²) in [5, 5.41) is 0. The third kappa shape index (κ3) is 3.91. The van der Waals surface area contributed by atoms with E-state index in [4.69, 9.17) is 5.73 Å². The number of likely N-dealkylation sites (tertiary alicyclic amines) is 1. The van der Waals surface area contributed by atoms with Crippen molar-refractivity contribution in [1.29, 1.82) is 0 Å². The van der Waals surface area contributed by atoms with Gasteiger partial charge in [0.25, 0.3) is 0 Å². The van der Waals surface area contributed by atoms with Gasteiger partial charge in [0.2, 0.25) is 11.8 Å². The molecule has 2 N–H and O–H groups in total. The van der Waals surface area contributed by atoms with Crippen LogP contribution >= 0.6 is 0 Å². The molecule has 1 saturated heterocycles. The van der Waals surface area contributed by atoms with Crippen LogP contribution in [0.3, 0.4) is 0 Å². The number of amides is 2. The highest BCUT2D eigenvalue weighted by Crippen LogP contribution is 2.31. The molecule has 1 aliphatic carbocycles. The van der Waals surface area contributed by atoms with Gasteiger partial charge in [0.1, 0.15) is 0 Å². The second-order valence-electron chi connectivity index (χ2n) is 6.54. The van der Waals surface area contributed by atoms with E-state index in [0.717, 1.165) is 25.7 Å². The summed E-state index contributed by atoms with van der Waals surface area (Å²) >= 11 is 0. The van der Waals surface area contributed by atoms with Crippen LogP contribution in [0.5, 0.6) is 0 Å². The highest BCUT2D eigenvalue weighted by atomic mass is 16.2. The van der Waals surface area contributed by atoms with E-state index >= 15 is 0 Å². The first-order chi connectivity index (χ1) is 11.2. The molecule has 1 heterocycles. The number of carbonyl (C=O) groups is 2. The Morgan fingerprint density at radius 3 is 2.30 bits per heavy atom. The van der Waals surface area contributed by atoms with Crippen LogP contribution in [0.25, 0.3) is 0 Å². The molecule has 0 radical (unpaired) electrons. The van der Waals surface area contributed by atoms with E-state index in [-0.39, 0.29) is 24.3 Å². The lowest BCUT2D eigenvalue weighted by atomic mass is 9.94. The number of rotatable bonds is 5. The van der Waals surface area contributed by atoms with Crippen molar-refractivity contribution in [1.82, 2.24) is 9.80 Å². The van der Waals surface area contributed by atoms with Gasteiger partial charge in [0.15, 0.2) is 0 Å². The first-order valence-electron chi connectivity index (χ1n) is 8.51. The normalized spacial score (nSPS) is 18.7. The average molecular weight is 315 g/mol. The first kappa shape index (κ1) is 16.0. The number of nitrogens with zero attached hydrogens (tertiary/aromatic N) is 2. The molecule has 2 aliphatic rings. The number of piperidine rings is 1. The average Bonchev–Trinajstić information content (AvgIpc) is 3.44. The van der Waals surface area contributed by atoms with E-state index in [9.17, 15) is 9.59 Å². The topological polar surface area (TPSA) is 66.6 Å². The van der Waals surface area contributed by atoms with Crippen molar-refractivity contribution in [2.24, 2.45) is 11.7 Å². The molecule has 1 aromatic carbocycles. The summed E-state index contributed by atoms with van der Waals surface area (Å²) in [6.45, 7) is 2.06. The van der Waals surface area contributed by atoms with E-state index in [1.54, 1.807) is 4.90 Å². The molecule has 3 rings (SSSR count). The molecule has 0 aromatic heterocycles. The number of benzene rings is 1. The highest BCUT2D eigenvalue weighted by Gasteiger charge is 2.37. The maximum absolute atomic E-state index is 12.9. The Morgan fingerprint density at radius 1 is 1.09 bits per heavy atom. The Balaban J connectivity index is 1.60. The molecule has 0 bridgehead atoms. The third-order valence-electron chi connectivity index (χ3n) is 4.84.